The van der Waals surface area contributed by atoms with E-state index < -0.39 is 21.9 Å². The number of benzene rings is 3. The zero-order valence-corrected chi connectivity index (χ0v) is 27.1. The van der Waals surface area contributed by atoms with Crippen LogP contribution in [-0.4, -0.2) is 76.2 Å². The molecule has 0 bridgehead atoms. The second-order valence-electron chi connectivity index (χ2n) is 10.3. The number of rotatable bonds is 14. The van der Waals surface area contributed by atoms with Crippen LogP contribution in [0, 0.1) is 0 Å². The Morgan fingerprint density at radius 2 is 1.80 bits per heavy atom. The van der Waals surface area contributed by atoms with Gasteiger partial charge in [0.1, 0.15) is 17.2 Å². The molecule has 4 aromatic rings. The van der Waals surface area contributed by atoms with E-state index in [1.807, 2.05) is 30.5 Å². The lowest BCUT2D eigenvalue weighted by Gasteiger charge is -2.21. The summed E-state index contributed by atoms with van der Waals surface area (Å²) >= 11 is 6.03. The molecule has 0 spiro atoms. The Morgan fingerprint density at radius 1 is 1.07 bits per heavy atom. The molecule has 0 saturated carbocycles. The van der Waals surface area contributed by atoms with Gasteiger partial charge in [0.25, 0.3) is 0 Å². The highest BCUT2D eigenvalue weighted by molar-refractivity contribution is 7.81. The normalized spacial score (nSPS) is 12.1. The van der Waals surface area contributed by atoms with Crippen molar-refractivity contribution in [2.45, 2.75) is 32.7 Å². The number of hydrogen-bond donors (Lipinski definition) is 5. The minimum atomic E-state index is -4.71. The van der Waals surface area contributed by atoms with Gasteiger partial charge < -0.3 is 29.7 Å². The van der Waals surface area contributed by atoms with Crippen LogP contribution in [0.3, 0.4) is 0 Å². The maximum Gasteiger partial charge on any atom is 0.446 e. The van der Waals surface area contributed by atoms with Crippen molar-refractivity contribution in [1.29, 1.82) is 0 Å². The van der Waals surface area contributed by atoms with Crippen molar-refractivity contribution in [3.8, 4) is 17.2 Å². The van der Waals surface area contributed by atoms with Crippen LogP contribution in [0.25, 0.3) is 17.0 Å². The van der Waals surface area contributed by atoms with Crippen molar-refractivity contribution < 1.29 is 37.3 Å². The number of aromatic nitrogens is 1. The number of allylic oxidation sites excluding steroid dienone is 1. The third-order valence-electron chi connectivity index (χ3n) is 6.84. The van der Waals surface area contributed by atoms with Gasteiger partial charge in [-0.15, -0.1) is 0 Å². The highest BCUT2D eigenvalue weighted by Gasteiger charge is 2.13. The predicted octanol–water partition coefficient (Wildman–Crippen LogP) is 5.96. The number of nitrogens with zero attached hydrogens (tertiary/aromatic N) is 2. The number of fused-ring (bicyclic) bond motifs is 1. The Hall–Kier alpha value is -4.20. The summed E-state index contributed by atoms with van der Waals surface area (Å²) in [6.45, 7) is 7.32. The second-order valence-corrected chi connectivity index (χ2v) is 11.8. The van der Waals surface area contributed by atoms with Crippen molar-refractivity contribution in [2.75, 3.05) is 31.6 Å². The maximum atomic E-state index is 12.0. The minimum absolute atomic E-state index is 0.0669. The highest BCUT2D eigenvalue weighted by atomic mass is 35.5. The molecule has 1 heterocycles. The van der Waals surface area contributed by atoms with E-state index in [9.17, 15) is 18.3 Å². The summed E-state index contributed by atoms with van der Waals surface area (Å²) in [5.74, 6) is -1.25. The van der Waals surface area contributed by atoms with Crippen LogP contribution < -0.4 is 9.50 Å². The fourth-order valence-corrected chi connectivity index (χ4v) is 5.03. The molecule has 13 heteroatoms. The number of hydrogen-bond acceptors (Lipinski definition) is 10. The molecule has 1 unspecified atom stereocenters. The average molecular weight is 672 g/mol. The highest BCUT2D eigenvalue weighted by Crippen LogP contribution is 2.26. The fourth-order valence-electron chi connectivity index (χ4n) is 4.52. The number of halogens is 1. The molecular weight excluding hydrogens is 634 g/mol. The standard InChI is InChI=1S/C18H26ClN3O.C15H12O7S/c1-3-22(11-12-23)10-4-5-14(2)21-17-8-9-20-18-13-15(19)6-7-16(17)18;16-11-4-1-10(2-5-11)3-8-14(17)13-7-6-12(9-15(13)18)22-23(19,20)21/h6-9,13-14,23H,3-5,10-12H2,1-2H3,(H,20,21);1-9,16,18H,(H,19,20,21)/b;8-3+. The van der Waals surface area contributed by atoms with Crippen LogP contribution >= 0.6 is 11.6 Å². The Bertz CT molecular complexity index is 1730. The van der Waals surface area contributed by atoms with Gasteiger partial charge in [0.05, 0.1) is 17.7 Å². The Balaban J connectivity index is 0.000000250. The molecule has 0 aliphatic heterocycles. The molecule has 5 N–H and O–H groups in total. The molecule has 3 aromatic carbocycles. The zero-order chi connectivity index (χ0) is 33.7. The first-order chi connectivity index (χ1) is 21.9. The number of phenolic OH excluding ortho intramolecular Hbond substituents is 2. The van der Waals surface area contributed by atoms with E-state index in [-0.39, 0.29) is 23.7 Å². The molecule has 11 nitrogen and oxygen atoms in total. The summed E-state index contributed by atoms with van der Waals surface area (Å²) in [7, 11) is -4.71. The van der Waals surface area contributed by atoms with Crippen LogP contribution in [0.2, 0.25) is 5.02 Å². The molecule has 4 rings (SSSR count). The number of likely N-dealkylation sites (N-methyl/N-ethyl adjacent to an activating group) is 1. The molecule has 0 aliphatic carbocycles. The summed E-state index contributed by atoms with van der Waals surface area (Å²) < 4.78 is 33.9. The van der Waals surface area contributed by atoms with Crippen molar-refractivity contribution >= 4 is 50.4 Å². The molecule has 0 amide bonds. The number of ketones is 1. The minimum Gasteiger partial charge on any atom is -0.508 e. The lowest BCUT2D eigenvalue weighted by Crippen LogP contribution is -2.28. The van der Waals surface area contributed by atoms with E-state index in [4.69, 9.17) is 26.4 Å². The number of carbonyl (C=O) groups is 1. The van der Waals surface area contributed by atoms with Crippen LogP contribution in [0.4, 0.5) is 5.69 Å². The molecule has 246 valence electrons. The Kier molecular flexibility index (Phi) is 13.8. The quantitative estimate of drug-likeness (QED) is 0.0609. The van der Waals surface area contributed by atoms with Gasteiger partial charge in [0.15, 0.2) is 5.78 Å². The van der Waals surface area contributed by atoms with E-state index in [1.54, 1.807) is 12.1 Å². The smallest absolute Gasteiger partial charge is 0.446 e. The lowest BCUT2D eigenvalue weighted by molar-refractivity contribution is 0.104. The van der Waals surface area contributed by atoms with E-state index >= 15 is 0 Å². The first-order valence-corrected chi connectivity index (χ1v) is 16.3. The number of anilines is 1. The van der Waals surface area contributed by atoms with Gasteiger partial charge in [-0.25, -0.2) is 0 Å². The van der Waals surface area contributed by atoms with Gasteiger partial charge in [-0.2, -0.15) is 8.42 Å². The van der Waals surface area contributed by atoms with E-state index in [2.05, 4.69) is 33.2 Å². The summed E-state index contributed by atoms with van der Waals surface area (Å²) in [5.41, 5.74) is 2.61. The van der Waals surface area contributed by atoms with E-state index in [1.165, 1.54) is 30.4 Å². The number of nitrogens with one attached hydrogen (secondary N) is 1. The molecule has 0 aliphatic rings. The molecule has 0 fully saturated rings. The van der Waals surface area contributed by atoms with Gasteiger partial charge in [-0.05, 0) is 93.0 Å². The van der Waals surface area contributed by atoms with Gasteiger partial charge >= 0.3 is 10.4 Å². The largest absolute Gasteiger partial charge is 0.508 e. The van der Waals surface area contributed by atoms with Gasteiger partial charge in [0, 0.05) is 40.9 Å². The van der Waals surface area contributed by atoms with Crippen LogP contribution in [0.15, 0.2) is 79.0 Å². The maximum absolute atomic E-state index is 12.0. The number of aliphatic hydroxyl groups is 1. The van der Waals surface area contributed by atoms with Crippen molar-refractivity contribution in [3.05, 3.63) is 95.2 Å². The first kappa shape index (κ1) is 36.3. The fraction of sp³-hybridized carbons (Fsp3) is 0.273. The predicted molar refractivity (Wildman–Crippen MR) is 180 cm³/mol. The molecule has 1 atom stereocenters. The van der Waals surface area contributed by atoms with Crippen molar-refractivity contribution in [1.82, 2.24) is 9.88 Å². The van der Waals surface area contributed by atoms with E-state index in [0.29, 0.717) is 16.6 Å². The molecule has 0 radical (unpaired) electrons. The first-order valence-electron chi connectivity index (χ1n) is 14.5. The van der Waals surface area contributed by atoms with Gasteiger partial charge in [-0.1, -0.05) is 36.7 Å². The second kappa shape index (κ2) is 17.5. The number of pyridine rings is 1. The summed E-state index contributed by atoms with van der Waals surface area (Å²) in [4.78, 5) is 18.6. The Labute approximate surface area is 273 Å². The number of aromatic hydroxyl groups is 2. The van der Waals surface area contributed by atoms with Gasteiger partial charge in [-0.3, -0.25) is 14.3 Å². The summed E-state index contributed by atoms with van der Waals surface area (Å²) in [5, 5.41) is 33.3. The molecule has 1 aromatic heterocycles. The van der Waals surface area contributed by atoms with Crippen LogP contribution in [-0.2, 0) is 10.4 Å². The van der Waals surface area contributed by atoms with E-state index in [0.717, 1.165) is 61.2 Å². The Morgan fingerprint density at radius 3 is 2.46 bits per heavy atom. The summed E-state index contributed by atoms with van der Waals surface area (Å²) in [6.07, 6.45) is 6.71. The topological polar surface area (TPSA) is 170 Å². The van der Waals surface area contributed by atoms with Gasteiger partial charge in [0.2, 0.25) is 0 Å². The number of phenols is 2. The lowest BCUT2D eigenvalue weighted by atomic mass is 10.1. The average Bonchev–Trinajstić information content (AvgIpc) is 3.00. The van der Waals surface area contributed by atoms with Crippen molar-refractivity contribution in [3.63, 3.8) is 0 Å². The number of aliphatic hydroxyl groups excluding tert-OH is 1. The monoisotopic (exact) mass is 671 g/mol. The van der Waals surface area contributed by atoms with Crippen LogP contribution in [0.5, 0.6) is 17.2 Å². The SMILES string of the molecule is CCN(CCO)CCCC(C)Nc1ccnc2cc(Cl)ccc12.O=C(/C=C/c1ccc(O)cc1)c1ccc(OS(=O)(=O)O)cc1O. The third-order valence-corrected chi connectivity index (χ3v) is 7.48. The molecule has 46 heavy (non-hydrogen) atoms. The molecular formula is C33H38ClN3O8S. The zero-order valence-electron chi connectivity index (χ0n) is 25.5. The third kappa shape index (κ3) is 12.0. The van der Waals surface area contributed by atoms with Crippen LogP contribution in [0.1, 0.15) is 42.6 Å². The van der Waals surface area contributed by atoms with Crippen molar-refractivity contribution in [2.24, 2.45) is 0 Å². The summed E-state index contributed by atoms with van der Waals surface area (Å²) in [6, 6.07) is 17.5. The molecule has 0 saturated heterocycles. The number of carbonyl (C=O) groups excluding carboxylic acids is 1.